The van der Waals surface area contributed by atoms with E-state index >= 15 is 0 Å². The number of carbonyl (C=O) groups excluding carboxylic acids is 2. The fourth-order valence-electron chi connectivity index (χ4n) is 2.55. The first-order valence-corrected chi connectivity index (χ1v) is 8.21. The van der Waals surface area contributed by atoms with E-state index in [-0.39, 0.29) is 24.8 Å². The first-order valence-electron chi connectivity index (χ1n) is 8.21. The Labute approximate surface area is 143 Å². The van der Waals surface area contributed by atoms with Gasteiger partial charge in [0.05, 0.1) is 13.0 Å². The summed E-state index contributed by atoms with van der Waals surface area (Å²) >= 11 is 0. The molecule has 0 spiro atoms. The summed E-state index contributed by atoms with van der Waals surface area (Å²) in [6, 6.07) is 13.9. The highest BCUT2D eigenvalue weighted by atomic mass is 16.2. The van der Waals surface area contributed by atoms with Gasteiger partial charge in [0.2, 0.25) is 11.8 Å². The van der Waals surface area contributed by atoms with E-state index in [1.54, 1.807) is 0 Å². The van der Waals surface area contributed by atoms with Gasteiger partial charge in [-0.15, -0.1) is 0 Å². The van der Waals surface area contributed by atoms with Gasteiger partial charge in [-0.3, -0.25) is 9.59 Å². The Hall–Kier alpha value is -2.40. The average molecular weight is 327 g/mol. The van der Waals surface area contributed by atoms with Crippen molar-refractivity contribution in [3.8, 4) is 0 Å². The maximum Gasteiger partial charge on any atom is 0.239 e. The molecule has 128 valence electrons. The molecule has 0 heterocycles. The zero-order chi connectivity index (χ0) is 17.4. The molecular weight excluding hydrogens is 302 g/mol. The lowest BCUT2D eigenvalue weighted by Crippen LogP contribution is -2.38. The second-order valence-electron chi connectivity index (χ2n) is 6.10. The summed E-state index contributed by atoms with van der Waals surface area (Å²) in [6.45, 7) is 1.56. The molecule has 0 bridgehead atoms. The van der Waals surface area contributed by atoms with Crippen LogP contribution < -0.4 is 10.6 Å². The summed E-state index contributed by atoms with van der Waals surface area (Å²) in [7, 11) is 3.99. The number of hydrogen-bond donors (Lipinski definition) is 2. The molecule has 0 aromatic heterocycles. The van der Waals surface area contributed by atoms with Crippen LogP contribution >= 0.6 is 0 Å². The number of rotatable bonds is 8. The van der Waals surface area contributed by atoms with Crippen molar-refractivity contribution < 1.29 is 9.59 Å². The van der Waals surface area contributed by atoms with Crippen molar-refractivity contribution in [3.63, 3.8) is 0 Å². The molecule has 0 aliphatic heterocycles. The van der Waals surface area contributed by atoms with Crippen LogP contribution in [0.5, 0.6) is 0 Å². The number of carbonyl (C=O) groups is 2. The van der Waals surface area contributed by atoms with Gasteiger partial charge >= 0.3 is 0 Å². The molecule has 0 fully saturated rings. The van der Waals surface area contributed by atoms with Crippen molar-refractivity contribution in [2.45, 2.75) is 12.8 Å². The molecule has 0 saturated carbocycles. The van der Waals surface area contributed by atoms with Crippen LogP contribution in [0.4, 0.5) is 0 Å². The van der Waals surface area contributed by atoms with E-state index in [9.17, 15) is 9.59 Å². The van der Waals surface area contributed by atoms with Gasteiger partial charge < -0.3 is 15.5 Å². The van der Waals surface area contributed by atoms with Gasteiger partial charge in [0, 0.05) is 6.54 Å². The highest BCUT2D eigenvalue weighted by Crippen LogP contribution is 2.18. The predicted octanol–water partition coefficient (Wildman–Crippen LogP) is 1.57. The summed E-state index contributed by atoms with van der Waals surface area (Å²) in [5.41, 5.74) is 0.969. The van der Waals surface area contributed by atoms with Crippen molar-refractivity contribution in [2.75, 3.05) is 33.7 Å². The summed E-state index contributed by atoms with van der Waals surface area (Å²) in [6.07, 6.45) is 1.16. The van der Waals surface area contributed by atoms with E-state index in [1.165, 1.54) is 0 Å². The molecule has 2 amide bonds. The maximum absolute atomic E-state index is 12.1. The topological polar surface area (TPSA) is 61.4 Å². The van der Waals surface area contributed by atoms with Crippen LogP contribution in [0.2, 0.25) is 0 Å². The Balaban J connectivity index is 1.78. The standard InChI is InChI=1S/C19H25N3O2/c1-22(2)12-6-11-20-19(24)14-21-18(23)13-16-9-5-8-15-7-3-4-10-17(15)16/h3-5,7-10H,6,11-14H2,1-2H3,(H,20,24)(H,21,23). The average Bonchev–Trinajstić information content (AvgIpc) is 2.57. The molecule has 5 heteroatoms. The number of nitrogens with zero attached hydrogens (tertiary/aromatic N) is 1. The second kappa shape index (κ2) is 9.03. The van der Waals surface area contributed by atoms with Gasteiger partial charge in [-0.1, -0.05) is 42.5 Å². The second-order valence-corrected chi connectivity index (χ2v) is 6.10. The van der Waals surface area contributed by atoms with Gasteiger partial charge in [-0.2, -0.15) is 0 Å². The molecular formula is C19H25N3O2. The van der Waals surface area contributed by atoms with Crippen LogP contribution in [0.15, 0.2) is 42.5 Å². The summed E-state index contributed by atoms with van der Waals surface area (Å²) < 4.78 is 0. The van der Waals surface area contributed by atoms with Crippen LogP contribution in [0.25, 0.3) is 10.8 Å². The van der Waals surface area contributed by atoms with Crippen LogP contribution in [0.3, 0.4) is 0 Å². The maximum atomic E-state index is 12.1. The van der Waals surface area contributed by atoms with Crippen molar-refractivity contribution >= 4 is 22.6 Å². The molecule has 0 atom stereocenters. The lowest BCUT2D eigenvalue weighted by Gasteiger charge is -2.10. The Morgan fingerprint density at radius 2 is 1.71 bits per heavy atom. The Bertz CT molecular complexity index is 693. The molecule has 5 nitrogen and oxygen atoms in total. The minimum atomic E-state index is -0.153. The third-order valence-corrected chi connectivity index (χ3v) is 3.78. The molecule has 2 aromatic carbocycles. The van der Waals surface area contributed by atoms with E-state index in [0.717, 1.165) is 29.3 Å². The lowest BCUT2D eigenvalue weighted by molar-refractivity contribution is -0.125. The van der Waals surface area contributed by atoms with E-state index in [0.29, 0.717) is 6.54 Å². The Kier molecular flexibility index (Phi) is 6.75. The van der Waals surface area contributed by atoms with E-state index in [2.05, 4.69) is 15.5 Å². The number of benzene rings is 2. The normalized spacial score (nSPS) is 10.8. The van der Waals surface area contributed by atoms with Crippen LogP contribution in [-0.4, -0.2) is 50.4 Å². The number of nitrogens with one attached hydrogen (secondary N) is 2. The van der Waals surface area contributed by atoms with Crippen LogP contribution in [-0.2, 0) is 16.0 Å². The zero-order valence-corrected chi connectivity index (χ0v) is 14.3. The highest BCUT2D eigenvalue weighted by Gasteiger charge is 2.08. The molecule has 2 aromatic rings. The number of hydrogen-bond acceptors (Lipinski definition) is 3. The van der Waals surface area contributed by atoms with E-state index in [1.807, 2.05) is 56.6 Å². The van der Waals surface area contributed by atoms with Crippen LogP contribution in [0, 0.1) is 0 Å². The summed E-state index contributed by atoms with van der Waals surface area (Å²) in [4.78, 5) is 25.9. The minimum Gasteiger partial charge on any atom is -0.355 e. The number of fused-ring (bicyclic) bond motifs is 1. The van der Waals surface area contributed by atoms with Gasteiger partial charge in [0.15, 0.2) is 0 Å². The first-order chi connectivity index (χ1) is 11.6. The molecule has 24 heavy (non-hydrogen) atoms. The van der Waals surface area contributed by atoms with E-state index in [4.69, 9.17) is 0 Å². The Morgan fingerprint density at radius 3 is 2.50 bits per heavy atom. The molecule has 0 aliphatic rings. The van der Waals surface area contributed by atoms with Crippen molar-refractivity contribution in [3.05, 3.63) is 48.0 Å². The van der Waals surface area contributed by atoms with Crippen molar-refractivity contribution in [2.24, 2.45) is 0 Å². The lowest BCUT2D eigenvalue weighted by atomic mass is 10.0. The summed E-state index contributed by atoms with van der Waals surface area (Å²) in [5, 5.41) is 7.68. The third kappa shape index (κ3) is 5.66. The number of amides is 2. The molecule has 0 saturated heterocycles. The largest absolute Gasteiger partial charge is 0.355 e. The molecule has 0 aliphatic carbocycles. The quantitative estimate of drug-likeness (QED) is 0.724. The van der Waals surface area contributed by atoms with Crippen molar-refractivity contribution in [1.82, 2.24) is 15.5 Å². The van der Waals surface area contributed by atoms with Crippen LogP contribution in [0.1, 0.15) is 12.0 Å². The fourth-order valence-corrected chi connectivity index (χ4v) is 2.55. The van der Waals surface area contributed by atoms with Gasteiger partial charge in [-0.05, 0) is 43.4 Å². The molecule has 2 N–H and O–H groups in total. The van der Waals surface area contributed by atoms with Gasteiger partial charge in [0.25, 0.3) is 0 Å². The highest BCUT2D eigenvalue weighted by molar-refractivity contribution is 5.91. The third-order valence-electron chi connectivity index (χ3n) is 3.78. The minimum absolute atomic E-state index is 0.0194. The SMILES string of the molecule is CN(C)CCCNC(=O)CNC(=O)Cc1cccc2ccccc12. The monoisotopic (exact) mass is 327 g/mol. The predicted molar refractivity (Wildman–Crippen MR) is 96.8 cm³/mol. The molecule has 0 radical (unpaired) electrons. The Morgan fingerprint density at radius 1 is 0.958 bits per heavy atom. The zero-order valence-electron chi connectivity index (χ0n) is 14.3. The van der Waals surface area contributed by atoms with E-state index < -0.39 is 0 Å². The van der Waals surface area contributed by atoms with Gasteiger partial charge in [0.1, 0.15) is 0 Å². The van der Waals surface area contributed by atoms with Gasteiger partial charge in [-0.25, -0.2) is 0 Å². The molecule has 2 rings (SSSR count). The first kappa shape index (κ1) is 17.9. The summed E-state index contributed by atoms with van der Waals surface area (Å²) in [5.74, 6) is -0.296. The molecule has 0 unspecified atom stereocenters. The fraction of sp³-hybridized carbons (Fsp3) is 0.368. The smallest absolute Gasteiger partial charge is 0.239 e. The van der Waals surface area contributed by atoms with Crippen molar-refractivity contribution in [1.29, 1.82) is 0 Å².